The molecule has 0 atom stereocenters. The number of aryl methyl sites for hydroxylation is 1. The maximum Gasteiger partial charge on any atom is 0.335 e. The third-order valence-electron chi connectivity index (χ3n) is 6.41. The van der Waals surface area contributed by atoms with E-state index in [1.54, 1.807) is 42.3 Å². The van der Waals surface area contributed by atoms with Crippen molar-refractivity contribution in [2.75, 3.05) is 34.2 Å². The molecule has 1 aromatic heterocycles. The number of aliphatic imine (C=N–C) groups is 1. The minimum Gasteiger partial charge on any atom is -0.494 e. The van der Waals surface area contributed by atoms with Crippen LogP contribution in [0.1, 0.15) is 43.8 Å². The van der Waals surface area contributed by atoms with Crippen molar-refractivity contribution in [2.24, 2.45) is 4.99 Å². The molecule has 3 N–H and O–H groups in total. The topological polar surface area (TPSA) is 109 Å². The summed E-state index contributed by atoms with van der Waals surface area (Å²) in [6.45, 7) is 3.38. The summed E-state index contributed by atoms with van der Waals surface area (Å²) in [5.41, 5.74) is 4.33. The van der Waals surface area contributed by atoms with Gasteiger partial charge in [-0.3, -0.25) is 4.79 Å². The fourth-order valence-electron chi connectivity index (χ4n) is 4.49. The van der Waals surface area contributed by atoms with Crippen molar-refractivity contribution in [3.63, 3.8) is 0 Å². The lowest BCUT2D eigenvalue weighted by atomic mass is 9.97. The van der Waals surface area contributed by atoms with Gasteiger partial charge in [0, 0.05) is 30.1 Å². The molecule has 38 heavy (non-hydrogen) atoms. The molecule has 8 heteroatoms. The van der Waals surface area contributed by atoms with Crippen LogP contribution in [-0.2, 0) is 0 Å². The maximum absolute atomic E-state index is 12.9. The summed E-state index contributed by atoms with van der Waals surface area (Å²) in [5, 5.41) is 21.1. The monoisotopic (exact) mass is 512 g/mol. The largest absolute Gasteiger partial charge is 0.494 e. The number of benzene rings is 3. The van der Waals surface area contributed by atoms with Crippen LogP contribution < -0.4 is 0 Å². The molecule has 8 nitrogen and oxygen atoms in total. The van der Waals surface area contributed by atoms with Gasteiger partial charge in [0.1, 0.15) is 0 Å². The van der Waals surface area contributed by atoms with E-state index in [9.17, 15) is 19.8 Å². The fourth-order valence-corrected chi connectivity index (χ4v) is 4.49. The lowest BCUT2D eigenvalue weighted by Gasteiger charge is -2.18. The molecular weight excluding hydrogens is 480 g/mol. The van der Waals surface area contributed by atoms with Gasteiger partial charge < -0.3 is 25.0 Å². The van der Waals surface area contributed by atoms with E-state index in [0.29, 0.717) is 45.5 Å². The van der Waals surface area contributed by atoms with Crippen LogP contribution in [0.15, 0.2) is 71.7 Å². The molecule has 3 aromatic carbocycles. The number of carbonyl (C=O) groups excluding carboxylic acids is 1. The minimum atomic E-state index is -1.04. The highest BCUT2D eigenvalue weighted by Gasteiger charge is 2.22. The van der Waals surface area contributed by atoms with Crippen molar-refractivity contribution in [3.8, 4) is 5.88 Å². The maximum atomic E-state index is 12.9. The van der Waals surface area contributed by atoms with Crippen molar-refractivity contribution in [2.45, 2.75) is 13.3 Å². The molecular formula is C30H32N4O4. The number of aromatic amines is 1. The van der Waals surface area contributed by atoms with E-state index in [2.05, 4.69) is 9.88 Å². The average molecular weight is 513 g/mol. The SMILES string of the molecule is Cc1cc(C(=O)O)cc2[nH]c(O)c(C(=Nc3ccc(C(=O)N(C)CCCN(C)C)cc3)c3ccccc3)c12. The molecule has 0 saturated carbocycles. The molecule has 0 aliphatic rings. The normalized spacial score (nSPS) is 11.8. The standard InChI is InChI=1S/C30H32N4O4/c1-19-17-22(30(37)38)18-24-25(19)26(28(35)32-24)27(20-9-6-5-7-10-20)31-23-13-11-21(12-14-23)29(36)34(4)16-8-15-33(2)3/h5-7,9-14,17-18,32,35H,8,15-16H2,1-4H3,(H,37,38). The van der Waals surface area contributed by atoms with E-state index < -0.39 is 5.97 Å². The number of rotatable bonds is 9. The Morgan fingerprint density at radius 1 is 0.895 bits per heavy atom. The number of aromatic hydroxyl groups is 1. The third kappa shape index (κ3) is 5.76. The number of aromatic carboxylic acids is 1. The van der Waals surface area contributed by atoms with Crippen LogP contribution in [0, 0.1) is 6.92 Å². The van der Waals surface area contributed by atoms with Crippen LogP contribution in [0.3, 0.4) is 0 Å². The van der Waals surface area contributed by atoms with Crippen molar-refractivity contribution in [1.29, 1.82) is 0 Å². The van der Waals surface area contributed by atoms with Crippen molar-refractivity contribution in [3.05, 3.63) is 94.5 Å². The Balaban J connectivity index is 1.73. The predicted octanol–water partition coefficient (Wildman–Crippen LogP) is 5.07. The Labute approximate surface area is 221 Å². The smallest absolute Gasteiger partial charge is 0.335 e. The molecule has 0 spiro atoms. The van der Waals surface area contributed by atoms with Gasteiger partial charge in [0.15, 0.2) is 5.88 Å². The van der Waals surface area contributed by atoms with Crippen LogP contribution in [0.25, 0.3) is 10.9 Å². The fraction of sp³-hybridized carbons (Fsp3) is 0.233. The zero-order valence-corrected chi connectivity index (χ0v) is 22.0. The second-order valence-corrected chi connectivity index (χ2v) is 9.63. The van der Waals surface area contributed by atoms with Gasteiger partial charge >= 0.3 is 5.97 Å². The Kier molecular flexibility index (Phi) is 7.93. The first kappa shape index (κ1) is 26.6. The number of hydrogen-bond donors (Lipinski definition) is 3. The summed E-state index contributed by atoms with van der Waals surface area (Å²) < 4.78 is 0. The zero-order chi connectivity index (χ0) is 27.4. The molecule has 0 saturated heterocycles. The predicted molar refractivity (Wildman–Crippen MR) is 150 cm³/mol. The number of nitrogens with zero attached hydrogens (tertiary/aromatic N) is 3. The first-order valence-electron chi connectivity index (χ1n) is 12.4. The molecule has 0 bridgehead atoms. The van der Waals surface area contributed by atoms with Crippen LogP contribution in [-0.4, -0.2) is 76.8 Å². The Bertz CT molecular complexity index is 1490. The van der Waals surface area contributed by atoms with E-state index in [1.165, 1.54) is 6.07 Å². The van der Waals surface area contributed by atoms with E-state index >= 15 is 0 Å². The first-order chi connectivity index (χ1) is 18.2. The number of hydrogen-bond acceptors (Lipinski definition) is 5. The summed E-state index contributed by atoms with van der Waals surface area (Å²) >= 11 is 0. The summed E-state index contributed by atoms with van der Waals surface area (Å²) in [7, 11) is 5.82. The van der Waals surface area contributed by atoms with Crippen LogP contribution in [0.4, 0.5) is 5.69 Å². The quantitative estimate of drug-likeness (QED) is 0.271. The molecule has 4 rings (SSSR count). The van der Waals surface area contributed by atoms with Crippen molar-refractivity contribution < 1.29 is 19.8 Å². The van der Waals surface area contributed by atoms with Gasteiger partial charge in [-0.05, 0) is 75.9 Å². The van der Waals surface area contributed by atoms with E-state index in [4.69, 9.17) is 4.99 Å². The number of fused-ring (bicyclic) bond motifs is 1. The molecule has 0 unspecified atom stereocenters. The molecule has 1 amide bonds. The highest BCUT2D eigenvalue weighted by molar-refractivity contribution is 6.22. The second-order valence-electron chi connectivity index (χ2n) is 9.63. The summed E-state index contributed by atoms with van der Waals surface area (Å²) in [4.78, 5) is 36.0. The second kappa shape index (κ2) is 11.3. The Morgan fingerprint density at radius 2 is 1.58 bits per heavy atom. The minimum absolute atomic E-state index is 0.0540. The Morgan fingerprint density at radius 3 is 2.21 bits per heavy atom. The molecule has 4 aromatic rings. The Hall–Kier alpha value is -4.43. The number of carboxylic acid groups (broad SMARTS) is 1. The van der Waals surface area contributed by atoms with Gasteiger partial charge in [0.05, 0.1) is 28.0 Å². The molecule has 196 valence electrons. The van der Waals surface area contributed by atoms with Gasteiger partial charge in [-0.15, -0.1) is 0 Å². The van der Waals surface area contributed by atoms with Gasteiger partial charge in [-0.2, -0.15) is 0 Å². The molecule has 0 aliphatic heterocycles. The zero-order valence-electron chi connectivity index (χ0n) is 22.0. The summed E-state index contributed by atoms with van der Waals surface area (Å²) in [6, 6.07) is 19.6. The van der Waals surface area contributed by atoms with E-state index in [0.717, 1.165) is 18.5 Å². The first-order valence-corrected chi connectivity index (χ1v) is 12.4. The van der Waals surface area contributed by atoms with Gasteiger partial charge in [-0.25, -0.2) is 9.79 Å². The number of carboxylic acids is 1. The van der Waals surface area contributed by atoms with Crippen LogP contribution in [0.5, 0.6) is 5.88 Å². The van der Waals surface area contributed by atoms with Gasteiger partial charge in [-0.1, -0.05) is 30.3 Å². The number of nitrogens with one attached hydrogen (secondary N) is 1. The highest BCUT2D eigenvalue weighted by Crippen LogP contribution is 2.34. The highest BCUT2D eigenvalue weighted by atomic mass is 16.4. The van der Waals surface area contributed by atoms with Gasteiger partial charge in [0.25, 0.3) is 5.91 Å². The average Bonchev–Trinajstić information content (AvgIpc) is 3.23. The van der Waals surface area contributed by atoms with Crippen LogP contribution >= 0.6 is 0 Å². The van der Waals surface area contributed by atoms with E-state index in [-0.39, 0.29) is 17.4 Å². The summed E-state index contributed by atoms with van der Waals surface area (Å²) in [5.74, 6) is -1.19. The number of H-pyrrole nitrogens is 1. The number of aromatic nitrogens is 1. The molecule has 0 aliphatic carbocycles. The molecule has 0 radical (unpaired) electrons. The number of amides is 1. The summed E-state index contributed by atoms with van der Waals surface area (Å²) in [6.07, 6.45) is 0.888. The third-order valence-corrected chi connectivity index (χ3v) is 6.41. The molecule has 1 heterocycles. The lowest BCUT2D eigenvalue weighted by molar-refractivity contribution is 0.0696. The van der Waals surface area contributed by atoms with Crippen LogP contribution in [0.2, 0.25) is 0 Å². The van der Waals surface area contributed by atoms with Crippen molar-refractivity contribution in [1.82, 2.24) is 14.8 Å². The van der Waals surface area contributed by atoms with Crippen molar-refractivity contribution >= 4 is 34.2 Å². The molecule has 0 fully saturated rings. The van der Waals surface area contributed by atoms with Gasteiger partial charge in [0.2, 0.25) is 0 Å². The lowest BCUT2D eigenvalue weighted by Crippen LogP contribution is -2.29. The van der Waals surface area contributed by atoms with E-state index in [1.807, 2.05) is 51.4 Å². The number of carbonyl (C=O) groups is 2.